The van der Waals surface area contributed by atoms with Gasteiger partial charge in [-0.15, -0.1) is 0 Å². The molecule has 0 bridgehead atoms. The average molecular weight is 159 g/mol. The number of aromatic nitrogens is 2. The van der Waals surface area contributed by atoms with Crippen LogP contribution in [0.3, 0.4) is 0 Å². The van der Waals surface area contributed by atoms with Gasteiger partial charge in [-0.25, -0.2) is 0 Å². The lowest BCUT2D eigenvalue weighted by atomic mass is 9.52. The molecule has 1 aromatic rings. The van der Waals surface area contributed by atoms with Gasteiger partial charge < -0.3 is 0 Å². The molecule has 0 fully saturated rings. The number of nitrogens with zero attached hydrogens (tertiary/aromatic N) is 4. The minimum absolute atomic E-state index is 0.685. The van der Waals surface area contributed by atoms with Crippen molar-refractivity contribution in [3.63, 3.8) is 0 Å². The van der Waals surface area contributed by atoms with E-state index in [0.717, 1.165) is 0 Å². The summed E-state index contributed by atoms with van der Waals surface area (Å²) < 4.78 is 3.55. The highest BCUT2D eigenvalue weighted by atomic mass is 15.1. The molecule has 5 heteroatoms. The Bertz CT molecular complexity index is 334. The molecule has 0 saturated carbocycles. The van der Waals surface area contributed by atoms with Crippen LogP contribution in [0.5, 0.6) is 0 Å². The monoisotopic (exact) mass is 159 g/mol. The van der Waals surface area contributed by atoms with E-state index in [1.54, 1.807) is 9.13 Å². The van der Waals surface area contributed by atoms with Crippen molar-refractivity contribution < 1.29 is 4.57 Å². The van der Waals surface area contributed by atoms with Crippen molar-refractivity contribution in [2.24, 2.45) is 14.1 Å². The first kappa shape index (κ1) is 8.35. The molecule has 0 N–H and O–H groups in total. The van der Waals surface area contributed by atoms with Gasteiger partial charge in [0.05, 0.1) is 19.8 Å². The van der Waals surface area contributed by atoms with Gasteiger partial charge in [0.1, 0.15) is 12.4 Å². The first-order valence-electron chi connectivity index (χ1n) is 3.50. The second-order valence-electron chi connectivity index (χ2n) is 2.57. The van der Waals surface area contributed by atoms with Crippen LogP contribution >= 0.6 is 0 Å². The smallest absolute Gasteiger partial charge is 0.235 e. The topological polar surface area (TPSA) is 56.4 Å². The Balaban J connectivity index is 3.20. The van der Waals surface area contributed by atoms with Gasteiger partial charge in [0.2, 0.25) is 6.71 Å². The van der Waals surface area contributed by atoms with Crippen molar-refractivity contribution in [2.75, 3.05) is 0 Å². The van der Waals surface area contributed by atoms with E-state index in [4.69, 9.17) is 10.5 Å². The maximum Gasteiger partial charge on any atom is 0.235 e. The minimum Gasteiger partial charge on any atom is -0.274 e. The van der Waals surface area contributed by atoms with Crippen LogP contribution in [0, 0.1) is 22.5 Å². The third kappa shape index (κ3) is 1.17. The molecule has 0 aromatic carbocycles. The van der Waals surface area contributed by atoms with Crippen LogP contribution in [0.4, 0.5) is 0 Å². The van der Waals surface area contributed by atoms with E-state index >= 15 is 0 Å². The number of hydrogen-bond acceptors (Lipinski definition) is 2. The number of hydrogen-bond donors (Lipinski definition) is 0. The van der Waals surface area contributed by atoms with E-state index in [2.05, 4.69) is 0 Å². The zero-order valence-corrected chi connectivity index (χ0v) is 7.02. The summed E-state index contributed by atoms with van der Waals surface area (Å²) in [6.07, 6.45) is 3.63. The SMILES string of the molecule is Cn1cc[n+](C)c1[B-](C#N)C#N. The van der Waals surface area contributed by atoms with Crippen LogP contribution in [-0.2, 0) is 14.1 Å². The Labute approximate surface area is 71.3 Å². The minimum atomic E-state index is -0.685. The third-order valence-electron chi connectivity index (χ3n) is 1.75. The summed E-state index contributed by atoms with van der Waals surface area (Å²) in [6, 6.07) is 0. The summed E-state index contributed by atoms with van der Waals surface area (Å²) in [6.45, 7) is -0.685. The molecule has 4 nitrogen and oxygen atoms in total. The second-order valence-corrected chi connectivity index (χ2v) is 2.57. The molecule has 0 unspecified atom stereocenters. The van der Waals surface area contributed by atoms with Crippen LogP contribution in [0.1, 0.15) is 0 Å². The normalized spacial score (nSPS) is 9.42. The molecule has 1 radical (unpaired) electrons. The number of imidazole rings is 1. The molecule has 0 spiro atoms. The molecule has 0 aliphatic heterocycles. The van der Waals surface area contributed by atoms with Crippen molar-refractivity contribution in [3.05, 3.63) is 12.4 Å². The van der Waals surface area contributed by atoms with Gasteiger partial charge in [0, 0.05) is 0 Å². The summed E-state index contributed by atoms with van der Waals surface area (Å²) in [5, 5.41) is 17.3. The molecule has 0 aliphatic carbocycles. The molecule has 12 heavy (non-hydrogen) atoms. The standard InChI is InChI=1S/C7H8BN4/c1-11-3-4-12(2)7(11)8(5-9)6-10/h3-4H,1-2H3. The summed E-state index contributed by atoms with van der Waals surface area (Å²) in [5.41, 5.74) is 0.708. The molecular formula is C7H8BN4. The summed E-state index contributed by atoms with van der Waals surface area (Å²) in [5.74, 6) is 3.87. The van der Waals surface area contributed by atoms with Crippen molar-refractivity contribution in [1.82, 2.24) is 4.57 Å². The zero-order valence-electron chi connectivity index (χ0n) is 7.02. The first-order valence-corrected chi connectivity index (χ1v) is 3.50. The first-order chi connectivity index (χ1) is 5.70. The molecule has 0 amide bonds. The molecule has 1 rings (SSSR count). The van der Waals surface area contributed by atoms with Crippen LogP contribution in [0.2, 0.25) is 0 Å². The number of aryl methyl sites for hydroxylation is 2. The Hall–Kier alpha value is -1.75. The summed E-state index contributed by atoms with van der Waals surface area (Å²) in [7, 11) is 3.63. The van der Waals surface area contributed by atoms with Crippen LogP contribution in [-0.4, -0.2) is 11.3 Å². The van der Waals surface area contributed by atoms with Gasteiger partial charge in [-0.1, -0.05) is 0 Å². The average Bonchev–Trinajstić information content (AvgIpc) is 2.38. The second kappa shape index (κ2) is 3.10. The Morgan fingerprint density at radius 3 is 2.42 bits per heavy atom. The van der Waals surface area contributed by atoms with Crippen molar-refractivity contribution in [2.45, 2.75) is 0 Å². The lowest BCUT2D eigenvalue weighted by Gasteiger charge is -2.05. The van der Waals surface area contributed by atoms with Crippen molar-refractivity contribution >= 4 is 12.4 Å². The predicted octanol–water partition coefficient (Wildman–Crippen LogP) is -1.32. The van der Waals surface area contributed by atoms with Crippen LogP contribution < -0.4 is 10.3 Å². The molecule has 1 heterocycles. The summed E-state index contributed by atoms with van der Waals surface area (Å²) in [4.78, 5) is 0. The molecule has 0 aliphatic rings. The van der Waals surface area contributed by atoms with E-state index in [9.17, 15) is 0 Å². The van der Waals surface area contributed by atoms with E-state index in [1.165, 1.54) is 0 Å². The predicted molar refractivity (Wildman–Crippen MR) is 43.2 cm³/mol. The lowest BCUT2D eigenvalue weighted by molar-refractivity contribution is -0.653. The van der Waals surface area contributed by atoms with Crippen molar-refractivity contribution in [1.29, 1.82) is 10.5 Å². The van der Waals surface area contributed by atoms with Crippen LogP contribution in [0.15, 0.2) is 12.4 Å². The Morgan fingerprint density at radius 2 is 2.08 bits per heavy atom. The van der Waals surface area contributed by atoms with E-state index < -0.39 is 6.71 Å². The maximum atomic E-state index is 8.65. The van der Waals surface area contributed by atoms with Crippen molar-refractivity contribution in [3.8, 4) is 11.9 Å². The summed E-state index contributed by atoms with van der Waals surface area (Å²) >= 11 is 0. The maximum absolute atomic E-state index is 8.65. The van der Waals surface area contributed by atoms with E-state index in [1.807, 2.05) is 38.4 Å². The Morgan fingerprint density at radius 1 is 1.50 bits per heavy atom. The highest BCUT2D eigenvalue weighted by Gasteiger charge is 2.13. The van der Waals surface area contributed by atoms with Gasteiger partial charge in [0.25, 0.3) is 0 Å². The highest BCUT2D eigenvalue weighted by molar-refractivity contribution is 6.84. The molecule has 59 valence electrons. The fourth-order valence-corrected chi connectivity index (χ4v) is 1.15. The van der Waals surface area contributed by atoms with Gasteiger partial charge in [-0.3, -0.25) is 19.7 Å². The molecular weight excluding hydrogens is 151 g/mol. The van der Waals surface area contributed by atoms with Gasteiger partial charge in [0.15, 0.2) is 0 Å². The van der Waals surface area contributed by atoms with Gasteiger partial charge in [-0.2, -0.15) is 11.9 Å². The Kier molecular flexibility index (Phi) is 2.16. The van der Waals surface area contributed by atoms with E-state index in [0.29, 0.717) is 5.72 Å². The zero-order chi connectivity index (χ0) is 9.14. The molecule has 1 aromatic heterocycles. The highest BCUT2D eigenvalue weighted by Crippen LogP contribution is 1.79. The quantitative estimate of drug-likeness (QED) is 0.376. The lowest BCUT2D eigenvalue weighted by Crippen LogP contribution is -2.54. The third-order valence-corrected chi connectivity index (χ3v) is 1.75. The van der Waals surface area contributed by atoms with Crippen LogP contribution in [0.25, 0.3) is 0 Å². The largest absolute Gasteiger partial charge is 0.274 e. The van der Waals surface area contributed by atoms with Gasteiger partial charge in [-0.05, 0) is 0 Å². The fraction of sp³-hybridized carbons (Fsp3) is 0.286. The molecule has 0 atom stereocenters. The number of rotatable bonds is 1. The van der Waals surface area contributed by atoms with Gasteiger partial charge >= 0.3 is 0 Å². The van der Waals surface area contributed by atoms with E-state index in [-0.39, 0.29) is 0 Å². The fourth-order valence-electron chi connectivity index (χ4n) is 1.15. The molecule has 0 saturated heterocycles. The number of nitriles is 2.